The molecule has 0 bridgehead atoms. The summed E-state index contributed by atoms with van der Waals surface area (Å²) in [6.07, 6.45) is 0.780. The largest absolute Gasteiger partial charge is 0.292 e. The van der Waals surface area contributed by atoms with E-state index in [0.717, 1.165) is 28.9 Å². The average Bonchev–Trinajstić information content (AvgIpc) is 3.12. The molecule has 1 aromatic carbocycles. The first-order valence-corrected chi connectivity index (χ1v) is 11.2. The van der Waals surface area contributed by atoms with Gasteiger partial charge in [0.1, 0.15) is 11.5 Å². The third-order valence-electron chi connectivity index (χ3n) is 3.92. The number of nitrogens with zero attached hydrogens (tertiary/aromatic N) is 3. The normalized spacial score (nSPS) is 11.6. The Balaban J connectivity index is 1.58. The van der Waals surface area contributed by atoms with Crippen LogP contribution in [0.5, 0.6) is 0 Å². The highest BCUT2D eigenvalue weighted by Crippen LogP contribution is 2.19. The van der Waals surface area contributed by atoms with E-state index in [1.54, 1.807) is 0 Å². The molecule has 29 heavy (non-hydrogen) atoms. The second kappa shape index (κ2) is 9.04. The molecular weight excluding hydrogens is 439 g/mol. The van der Waals surface area contributed by atoms with E-state index in [2.05, 4.69) is 19.9 Å². The summed E-state index contributed by atoms with van der Waals surface area (Å²) in [6.45, 7) is 1.76. The van der Waals surface area contributed by atoms with Crippen molar-refractivity contribution in [1.82, 2.24) is 19.9 Å². The summed E-state index contributed by atoms with van der Waals surface area (Å²) in [7, 11) is -3.90. The number of benzene rings is 1. The summed E-state index contributed by atoms with van der Waals surface area (Å²) in [5, 5.41) is 10.3. The number of thiazole rings is 1. The maximum absolute atomic E-state index is 13.2. The van der Waals surface area contributed by atoms with Gasteiger partial charge >= 0.3 is 0 Å². The molecule has 7 nitrogen and oxygen atoms in total. The van der Waals surface area contributed by atoms with Crippen molar-refractivity contribution in [2.45, 2.75) is 31.2 Å². The molecule has 0 saturated heterocycles. The van der Waals surface area contributed by atoms with Gasteiger partial charge in [0.05, 0.1) is 32.9 Å². The zero-order valence-electron chi connectivity index (χ0n) is 15.2. The Morgan fingerprint density at radius 3 is 2.62 bits per heavy atom. The number of carbonyl (C=O) groups is 1. The van der Waals surface area contributed by atoms with E-state index >= 15 is 0 Å². The highest BCUT2D eigenvalue weighted by molar-refractivity contribution is 7.89. The number of halogens is 2. The van der Waals surface area contributed by atoms with Crippen molar-refractivity contribution >= 4 is 38.7 Å². The van der Waals surface area contributed by atoms with Gasteiger partial charge in [0.2, 0.25) is 10.0 Å². The summed E-state index contributed by atoms with van der Waals surface area (Å²) < 4.78 is 40.1. The molecule has 0 unspecified atom stereocenters. The van der Waals surface area contributed by atoms with Gasteiger partial charge in [0.15, 0.2) is 5.78 Å². The fourth-order valence-electron chi connectivity index (χ4n) is 2.39. The number of aromatic nitrogens is 3. The fraction of sp³-hybridized carbons (Fsp3) is 0.222. The van der Waals surface area contributed by atoms with Crippen LogP contribution in [0.4, 0.5) is 4.39 Å². The zero-order valence-corrected chi connectivity index (χ0v) is 17.6. The van der Waals surface area contributed by atoms with Crippen molar-refractivity contribution in [3.63, 3.8) is 0 Å². The van der Waals surface area contributed by atoms with E-state index < -0.39 is 15.8 Å². The molecule has 0 radical (unpaired) electrons. The minimum absolute atomic E-state index is 0.142. The molecule has 3 aromatic rings. The molecule has 152 valence electrons. The van der Waals surface area contributed by atoms with Crippen molar-refractivity contribution in [2.75, 3.05) is 0 Å². The van der Waals surface area contributed by atoms with Crippen LogP contribution in [0.15, 0.2) is 40.6 Å². The number of aryl methyl sites for hydroxylation is 2. The van der Waals surface area contributed by atoms with Crippen LogP contribution in [0.2, 0.25) is 5.02 Å². The number of carbonyl (C=O) groups excluding carboxylic acids is 1. The van der Waals surface area contributed by atoms with Gasteiger partial charge < -0.3 is 0 Å². The Kier molecular flexibility index (Phi) is 6.68. The van der Waals surface area contributed by atoms with Gasteiger partial charge in [-0.3, -0.25) is 4.79 Å². The van der Waals surface area contributed by atoms with E-state index in [4.69, 9.17) is 11.6 Å². The highest BCUT2D eigenvalue weighted by atomic mass is 35.5. The van der Waals surface area contributed by atoms with Crippen LogP contribution in [0, 0.1) is 12.7 Å². The zero-order chi connectivity index (χ0) is 21.0. The first-order valence-electron chi connectivity index (χ1n) is 8.46. The predicted octanol–water partition coefficient (Wildman–Crippen LogP) is 3.33. The summed E-state index contributed by atoms with van der Waals surface area (Å²) in [4.78, 5) is 16.4. The lowest BCUT2D eigenvalue weighted by Crippen LogP contribution is -2.24. The van der Waals surface area contributed by atoms with Gasteiger partial charge in [-0.15, -0.1) is 16.4 Å². The molecule has 0 amide bonds. The van der Waals surface area contributed by atoms with Crippen molar-refractivity contribution in [2.24, 2.45) is 0 Å². The first kappa shape index (κ1) is 21.4. The highest BCUT2D eigenvalue weighted by Gasteiger charge is 2.16. The van der Waals surface area contributed by atoms with Gasteiger partial charge in [-0.2, -0.15) is 5.10 Å². The lowest BCUT2D eigenvalue weighted by atomic mass is 10.1. The topological polar surface area (TPSA) is 102 Å². The number of hydrogen-bond acceptors (Lipinski definition) is 7. The minimum Gasteiger partial charge on any atom is -0.292 e. The van der Waals surface area contributed by atoms with Crippen LogP contribution < -0.4 is 4.72 Å². The Morgan fingerprint density at radius 2 is 2.00 bits per heavy atom. The molecule has 11 heteroatoms. The van der Waals surface area contributed by atoms with E-state index in [0.29, 0.717) is 12.1 Å². The van der Waals surface area contributed by atoms with Crippen molar-refractivity contribution < 1.29 is 17.6 Å². The quantitative estimate of drug-likeness (QED) is 0.524. The molecule has 0 aliphatic heterocycles. The number of Topliss-reactive ketones (excluding diaryl/α,β-unsaturated/α-hetero) is 1. The lowest BCUT2D eigenvalue weighted by Gasteiger charge is -2.07. The summed E-state index contributed by atoms with van der Waals surface area (Å²) in [6, 6.07) is 6.13. The van der Waals surface area contributed by atoms with E-state index in [-0.39, 0.29) is 34.4 Å². The SMILES string of the molecule is Cc1nc(CCC(=O)c2ccc(CNS(=O)(=O)c3ccc(F)c(Cl)c3)nn2)cs1. The molecule has 0 atom stereocenters. The average molecular weight is 455 g/mol. The number of sulfonamides is 1. The molecule has 3 rings (SSSR count). The maximum Gasteiger partial charge on any atom is 0.240 e. The Morgan fingerprint density at radius 1 is 1.21 bits per heavy atom. The van der Waals surface area contributed by atoms with Crippen LogP contribution in [-0.2, 0) is 23.0 Å². The predicted molar refractivity (Wildman–Crippen MR) is 107 cm³/mol. The molecule has 0 saturated carbocycles. The molecule has 0 spiro atoms. The van der Waals surface area contributed by atoms with Crippen LogP contribution in [-0.4, -0.2) is 29.4 Å². The molecule has 2 heterocycles. The van der Waals surface area contributed by atoms with Crippen LogP contribution in [0.1, 0.15) is 33.3 Å². The smallest absolute Gasteiger partial charge is 0.240 e. The van der Waals surface area contributed by atoms with Gasteiger partial charge in [-0.05, 0) is 43.7 Å². The summed E-state index contributed by atoms with van der Waals surface area (Å²) >= 11 is 7.15. The van der Waals surface area contributed by atoms with Crippen molar-refractivity contribution in [3.05, 3.63) is 68.6 Å². The maximum atomic E-state index is 13.2. The minimum atomic E-state index is -3.90. The number of nitrogens with one attached hydrogen (secondary N) is 1. The number of hydrogen-bond donors (Lipinski definition) is 1. The van der Waals surface area contributed by atoms with Crippen molar-refractivity contribution in [3.8, 4) is 0 Å². The van der Waals surface area contributed by atoms with Crippen LogP contribution >= 0.6 is 22.9 Å². The molecule has 0 aliphatic rings. The van der Waals surface area contributed by atoms with Crippen LogP contribution in [0.3, 0.4) is 0 Å². The van der Waals surface area contributed by atoms with E-state index in [9.17, 15) is 17.6 Å². The van der Waals surface area contributed by atoms with Gasteiger partial charge in [0.25, 0.3) is 0 Å². The van der Waals surface area contributed by atoms with Gasteiger partial charge in [0, 0.05) is 11.8 Å². The van der Waals surface area contributed by atoms with Crippen LogP contribution in [0.25, 0.3) is 0 Å². The second-order valence-corrected chi connectivity index (χ2v) is 9.33. The molecule has 0 fully saturated rings. The molecule has 2 aromatic heterocycles. The standard InChI is InChI=1S/C18H16ClFN4O3S2/c1-11-22-13(10-28-11)3-7-18(25)17-6-2-12(23-24-17)9-21-29(26,27)14-4-5-16(20)15(19)8-14/h2,4-6,8,10,21H,3,7,9H2,1H3. The Labute approximate surface area is 176 Å². The molecular formula is C18H16ClFN4O3S2. The number of ketones is 1. The van der Waals surface area contributed by atoms with E-state index in [1.165, 1.54) is 23.5 Å². The Hall–Kier alpha value is -2.27. The molecule has 0 aliphatic carbocycles. The van der Waals surface area contributed by atoms with Gasteiger partial charge in [-0.1, -0.05) is 11.6 Å². The summed E-state index contributed by atoms with van der Waals surface area (Å²) in [5.41, 5.74) is 1.39. The Bertz CT molecular complexity index is 1130. The van der Waals surface area contributed by atoms with Gasteiger partial charge in [-0.25, -0.2) is 22.5 Å². The monoisotopic (exact) mass is 454 g/mol. The molecule has 1 N–H and O–H groups in total. The second-order valence-electron chi connectivity index (χ2n) is 6.09. The lowest BCUT2D eigenvalue weighted by molar-refractivity contribution is 0.0976. The first-order chi connectivity index (χ1) is 13.7. The fourth-order valence-corrected chi connectivity index (χ4v) is 4.31. The number of rotatable bonds is 8. The van der Waals surface area contributed by atoms with Crippen molar-refractivity contribution in [1.29, 1.82) is 0 Å². The third kappa shape index (κ3) is 5.63. The van der Waals surface area contributed by atoms with E-state index in [1.807, 2.05) is 12.3 Å². The summed E-state index contributed by atoms with van der Waals surface area (Å²) in [5.74, 6) is -0.877. The third-order valence-corrected chi connectivity index (χ3v) is 6.44.